The maximum absolute atomic E-state index is 11.8. The Hall–Kier alpha value is -1.82. The molecule has 0 radical (unpaired) electrons. The van der Waals surface area contributed by atoms with Crippen LogP contribution in [0, 0.1) is 0 Å². The summed E-state index contributed by atoms with van der Waals surface area (Å²) in [7, 11) is 0. The van der Waals surface area contributed by atoms with Crippen LogP contribution in [-0.2, 0) is 33.2 Å². The first-order valence-electron chi connectivity index (χ1n) is 10.7. The van der Waals surface area contributed by atoms with Crippen molar-refractivity contribution in [2.75, 3.05) is 97.9 Å². The molecule has 0 saturated heterocycles. The van der Waals surface area contributed by atoms with Crippen LogP contribution >= 0.6 is 0 Å². The number of carbonyl (C=O) groups is 1. The second-order valence-electron chi connectivity index (χ2n) is 6.42. The zero-order chi connectivity index (χ0) is 23.1. The average Bonchev–Trinajstić information content (AvgIpc) is 2.78. The molecule has 0 bridgehead atoms. The number of rotatable bonds is 22. The summed E-state index contributed by atoms with van der Waals surface area (Å²) in [5.41, 5.74) is 0.731. The number of anilines is 1. The molecule has 0 fully saturated rings. The molecule has 0 aliphatic heterocycles. The zero-order valence-electron chi connectivity index (χ0n) is 18.9. The van der Waals surface area contributed by atoms with Gasteiger partial charge >= 0.3 is 0 Å². The highest BCUT2D eigenvalue weighted by Crippen LogP contribution is 2.15. The summed E-state index contributed by atoms with van der Waals surface area (Å²) >= 11 is 0. The number of amides is 1. The molecule has 0 aliphatic carbocycles. The Morgan fingerprint density at radius 3 is 1.41 bits per heavy atom. The number of benzene rings is 1. The number of ether oxygens (including phenoxy) is 7. The normalized spacial score (nSPS) is 10.9. The molecule has 0 saturated carbocycles. The minimum atomic E-state index is -0.475. The summed E-state index contributed by atoms with van der Waals surface area (Å²) in [6.45, 7) is 6.68. The molecule has 1 aromatic rings. The lowest BCUT2D eigenvalue weighted by molar-refractivity contribution is -0.114. The predicted octanol–water partition coefficient (Wildman–Crippen LogP) is 2.09. The van der Waals surface area contributed by atoms with Crippen LogP contribution in [0.1, 0.15) is 6.92 Å². The van der Waals surface area contributed by atoms with Crippen molar-refractivity contribution in [3.05, 3.63) is 24.3 Å². The fourth-order valence-electron chi connectivity index (χ4n) is 2.31. The van der Waals surface area contributed by atoms with E-state index in [1.165, 1.54) is 6.92 Å². The van der Waals surface area contributed by atoms with Gasteiger partial charge < -0.3 is 38.5 Å². The molecule has 0 heterocycles. The van der Waals surface area contributed by atoms with Gasteiger partial charge in [-0.05, 0) is 24.3 Å². The van der Waals surface area contributed by atoms with E-state index in [1.54, 1.807) is 24.3 Å². The Morgan fingerprint density at radius 1 is 0.656 bits per heavy atom. The van der Waals surface area contributed by atoms with Crippen molar-refractivity contribution in [1.82, 2.24) is 0 Å². The van der Waals surface area contributed by atoms with E-state index < -0.39 is 6.67 Å². The van der Waals surface area contributed by atoms with Gasteiger partial charge in [-0.2, -0.15) is 0 Å². The molecular weight excluding hydrogens is 425 g/mol. The van der Waals surface area contributed by atoms with E-state index >= 15 is 0 Å². The van der Waals surface area contributed by atoms with Crippen molar-refractivity contribution >= 4 is 11.6 Å². The monoisotopic (exact) mass is 461 g/mol. The van der Waals surface area contributed by atoms with Gasteiger partial charge in [0.05, 0.1) is 79.3 Å². The third kappa shape index (κ3) is 17.8. The molecule has 0 unspecified atom stereocenters. The largest absolute Gasteiger partial charge is 0.491 e. The minimum Gasteiger partial charge on any atom is -0.491 e. The highest BCUT2D eigenvalue weighted by molar-refractivity contribution is 5.88. The summed E-state index contributed by atoms with van der Waals surface area (Å²) < 4.78 is 49.2. The van der Waals surface area contributed by atoms with Crippen LogP contribution in [-0.4, -0.2) is 98.5 Å². The van der Waals surface area contributed by atoms with Crippen molar-refractivity contribution in [1.29, 1.82) is 0 Å². The smallest absolute Gasteiger partial charge is 0.221 e. The van der Waals surface area contributed by atoms with Gasteiger partial charge in [0, 0.05) is 12.6 Å². The Balaban J connectivity index is 1.76. The van der Waals surface area contributed by atoms with E-state index in [4.69, 9.17) is 33.2 Å². The van der Waals surface area contributed by atoms with E-state index in [2.05, 4.69) is 5.32 Å². The minimum absolute atomic E-state index is 0.109. The first-order chi connectivity index (χ1) is 15.7. The van der Waals surface area contributed by atoms with Crippen molar-refractivity contribution in [2.24, 2.45) is 0 Å². The lowest BCUT2D eigenvalue weighted by Crippen LogP contribution is -2.15. The Labute approximate surface area is 189 Å². The maximum atomic E-state index is 11.8. The van der Waals surface area contributed by atoms with E-state index in [1.807, 2.05) is 0 Å². The molecular formula is C22H36FNO8. The summed E-state index contributed by atoms with van der Waals surface area (Å²) in [5, 5.41) is 2.70. The number of hydrogen-bond donors (Lipinski definition) is 1. The number of nitrogens with one attached hydrogen (secondary N) is 1. The quantitative estimate of drug-likeness (QED) is 0.263. The number of halogens is 1. The highest BCUT2D eigenvalue weighted by Gasteiger charge is 1.98. The fourth-order valence-corrected chi connectivity index (χ4v) is 2.31. The van der Waals surface area contributed by atoms with Crippen LogP contribution in [0.3, 0.4) is 0 Å². The molecule has 32 heavy (non-hydrogen) atoms. The van der Waals surface area contributed by atoms with Crippen LogP contribution in [0.4, 0.5) is 10.1 Å². The molecule has 10 heteroatoms. The third-order valence-corrected chi connectivity index (χ3v) is 3.75. The molecule has 0 atom stereocenters. The van der Waals surface area contributed by atoms with Gasteiger partial charge in [0.15, 0.2) is 0 Å². The van der Waals surface area contributed by atoms with Crippen molar-refractivity contribution in [3.63, 3.8) is 0 Å². The molecule has 1 amide bonds. The van der Waals surface area contributed by atoms with Crippen molar-refractivity contribution in [3.8, 4) is 5.75 Å². The van der Waals surface area contributed by atoms with Crippen molar-refractivity contribution < 1.29 is 42.3 Å². The molecule has 0 aliphatic rings. The van der Waals surface area contributed by atoms with Gasteiger partial charge in [-0.25, -0.2) is 4.39 Å². The molecule has 9 nitrogen and oxygen atoms in total. The van der Waals surface area contributed by atoms with Crippen LogP contribution < -0.4 is 10.1 Å². The molecule has 1 rings (SSSR count). The third-order valence-electron chi connectivity index (χ3n) is 3.75. The lowest BCUT2D eigenvalue weighted by Gasteiger charge is -2.09. The van der Waals surface area contributed by atoms with Crippen molar-refractivity contribution in [2.45, 2.75) is 6.92 Å². The summed E-state index contributed by atoms with van der Waals surface area (Å²) in [6.07, 6.45) is 0. The van der Waals surface area contributed by atoms with E-state index in [0.717, 1.165) is 5.69 Å². The molecule has 184 valence electrons. The van der Waals surface area contributed by atoms with Gasteiger partial charge in [-0.15, -0.1) is 0 Å². The number of carbonyl (C=O) groups excluding carboxylic acids is 1. The second kappa shape index (κ2) is 21.0. The Bertz CT molecular complexity index is 561. The topological polar surface area (TPSA) is 93.7 Å². The maximum Gasteiger partial charge on any atom is 0.221 e. The molecule has 0 aromatic heterocycles. The zero-order valence-corrected chi connectivity index (χ0v) is 18.9. The average molecular weight is 462 g/mol. The SMILES string of the molecule is CC(=O)Nc1ccc(OCCOCCOCCOCCOCCOCCOCCF)cc1. The van der Waals surface area contributed by atoms with Gasteiger partial charge in [0.1, 0.15) is 19.0 Å². The van der Waals surface area contributed by atoms with Crippen LogP contribution in [0.15, 0.2) is 24.3 Å². The van der Waals surface area contributed by atoms with Crippen LogP contribution in [0.2, 0.25) is 0 Å². The van der Waals surface area contributed by atoms with Gasteiger partial charge in [0.2, 0.25) is 5.91 Å². The number of hydrogen-bond acceptors (Lipinski definition) is 8. The standard InChI is InChI=1S/C22H36FNO8/c1-20(25)24-21-2-4-22(5-3-21)32-19-18-31-17-16-30-15-14-29-13-12-28-11-10-27-9-8-26-7-6-23/h2-5H,6-19H2,1H3,(H,24,25). The van der Waals surface area contributed by atoms with E-state index in [-0.39, 0.29) is 12.5 Å². The molecule has 1 aromatic carbocycles. The summed E-state index contributed by atoms with van der Waals surface area (Å²) in [5.74, 6) is 0.607. The fraction of sp³-hybridized carbons (Fsp3) is 0.682. The summed E-state index contributed by atoms with van der Waals surface area (Å²) in [4.78, 5) is 11.0. The van der Waals surface area contributed by atoms with Gasteiger partial charge in [-0.1, -0.05) is 0 Å². The predicted molar refractivity (Wildman–Crippen MR) is 117 cm³/mol. The second-order valence-corrected chi connectivity index (χ2v) is 6.42. The van der Waals surface area contributed by atoms with E-state index in [9.17, 15) is 9.18 Å². The first kappa shape index (κ1) is 28.2. The first-order valence-corrected chi connectivity index (χ1v) is 10.7. The Kier molecular flexibility index (Phi) is 18.6. The molecule has 0 spiro atoms. The van der Waals surface area contributed by atoms with Crippen LogP contribution in [0.5, 0.6) is 5.75 Å². The van der Waals surface area contributed by atoms with E-state index in [0.29, 0.717) is 85.0 Å². The van der Waals surface area contributed by atoms with Gasteiger partial charge in [0.25, 0.3) is 0 Å². The van der Waals surface area contributed by atoms with Gasteiger partial charge in [-0.3, -0.25) is 4.79 Å². The summed E-state index contributed by atoms with van der Waals surface area (Å²) in [6, 6.07) is 7.15. The van der Waals surface area contributed by atoms with Crippen LogP contribution in [0.25, 0.3) is 0 Å². The lowest BCUT2D eigenvalue weighted by atomic mass is 10.3. The highest BCUT2D eigenvalue weighted by atomic mass is 19.1. The Morgan fingerprint density at radius 2 is 1.03 bits per heavy atom. The molecule has 1 N–H and O–H groups in total. The number of alkyl halides is 1.